The van der Waals surface area contributed by atoms with Crippen molar-refractivity contribution in [3.63, 3.8) is 0 Å². The second kappa shape index (κ2) is 6.34. The third-order valence-corrected chi connectivity index (χ3v) is 4.85. The van der Waals surface area contributed by atoms with Gasteiger partial charge in [-0.2, -0.15) is 8.42 Å². The summed E-state index contributed by atoms with van der Waals surface area (Å²) in [5.74, 6) is 0.643. The summed E-state index contributed by atoms with van der Waals surface area (Å²) in [6, 6.07) is 8.34. The fourth-order valence-electron chi connectivity index (χ4n) is 2.46. The fraction of sp³-hybridized carbons (Fsp3) is 0.571. The van der Waals surface area contributed by atoms with Crippen molar-refractivity contribution in [2.45, 2.75) is 43.4 Å². The number of rotatable bonds is 5. The van der Waals surface area contributed by atoms with Crippen molar-refractivity contribution in [1.29, 1.82) is 0 Å². The Morgan fingerprint density at radius 1 is 1.06 bits per heavy atom. The van der Waals surface area contributed by atoms with Crippen LogP contribution in [0.2, 0.25) is 0 Å². The molecule has 1 saturated carbocycles. The molecule has 3 nitrogen and oxygen atoms in total. The van der Waals surface area contributed by atoms with Gasteiger partial charge in [-0.15, -0.1) is 0 Å². The molecular formula is C14H20O3S. The van der Waals surface area contributed by atoms with Gasteiger partial charge in [-0.3, -0.25) is 4.18 Å². The lowest BCUT2D eigenvalue weighted by Gasteiger charge is -2.20. The van der Waals surface area contributed by atoms with E-state index in [1.165, 1.54) is 32.1 Å². The van der Waals surface area contributed by atoms with Crippen molar-refractivity contribution in [2.24, 2.45) is 5.92 Å². The zero-order valence-electron chi connectivity index (χ0n) is 10.5. The van der Waals surface area contributed by atoms with E-state index in [2.05, 4.69) is 0 Å². The van der Waals surface area contributed by atoms with Gasteiger partial charge < -0.3 is 0 Å². The molecule has 0 saturated heterocycles. The van der Waals surface area contributed by atoms with Crippen LogP contribution in [0, 0.1) is 5.92 Å². The van der Waals surface area contributed by atoms with Crippen LogP contribution in [-0.2, 0) is 14.3 Å². The third-order valence-electron chi connectivity index (χ3n) is 3.52. The molecule has 1 aliphatic carbocycles. The minimum absolute atomic E-state index is 0.244. The maximum atomic E-state index is 11.9. The van der Waals surface area contributed by atoms with E-state index in [9.17, 15) is 8.42 Å². The Hall–Kier alpha value is -0.870. The molecule has 2 rings (SSSR count). The molecule has 0 heterocycles. The van der Waals surface area contributed by atoms with Crippen LogP contribution >= 0.6 is 0 Å². The first-order valence-corrected chi connectivity index (χ1v) is 8.04. The van der Waals surface area contributed by atoms with Crippen molar-refractivity contribution < 1.29 is 12.6 Å². The summed E-state index contributed by atoms with van der Waals surface area (Å²) in [5, 5.41) is 0. The smallest absolute Gasteiger partial charge is 0.266 e. The highest BCUT2D eigenvalue weighted by molar-refractivity contribution is 7.86. The van der Waals surface area contributed by atoms with E-state index >= 15 is 0 Å². The Morgan fingerprint density at radius 3 is 2.39 bits per heavy atom. The van der Waals surface area contributed by atoms with Gasteiger partial charge in [0.2, 0.25) is 0 Å². The summed E-state index contributed by atoms with van der Waals surface area (Å²) in [5.41, 5.74) is 0. The molecule has 1 aromatic carbocycles. The van der Waals surface area contributed by atoms with Crippen molar-refractivity contribution in [3.8, 4) is 0 Å². The Morgan fingerprint density at radius 2 is 1.72 bits per heavy atom. The topological polar surface area (TPSA) is 43.4 Å². The number of hydrogen-bond donors (Lipinski definition) is 0. The molecule has 0 bridgehead atoms. The van der Waals surface area contributed by atoms with Crippen LogP contribution < -0.4 is 0 Å². The van der Waals surface area contributed by atoms with Gasteiger partial charge in [-0.25, -0.2) is 0 Å². The van der Waals surface area contributed by atoms with Crippen LogP contribution in [0.1, 0.15) is 38.5 Å². The Bertz CT molecular complexity index is 447. The molecular weight excluding hydrogens is 248 g/mol. The maximum Gasteiger partial charge on any atom is 0.296 e. The molecule has 0 aliphatic heterocycles. The molecule has 1 fully saturated rings. The van der Waals surface area contributed by atoms with Crippen LogP contribution in [0.3, 0.4) is 0 Å². The van der Waals surface area contributed by atoms with Crippen molar-refractivity contribution in [1.82, 2.24) is 0 Å². The van der Waals surface area contributed by atoms with E-state index in [4.69, 9.17) is 4.18 Å². The standard InChI is InChI=1S/C14H20O3S/c15-18(16,14-9-5-2-6-10-14)17-12-11-13-7-3-1-4-8-13/h2,5-6,9-10,13H,1,3-4,7-8,11-12H2. The molecule has 0 unspecified atom stereocenters. The van der Waals surface area contributed by atoms with Gasteiger partial charge in [0, 0.05) is 0 Å². The quantitative estimate of drug-likeness (QED) is 0.769. The van der Waals surface area contributed by atoms with Gasteiger partial charge in [-0.1, -0.05) is 50.3 Å². The van der Waals surface area contributed by atoms with Crippen LogP contribution in [0.4, 0.5) is 0 Å². The SMILES string of the molecule is O=S(=O)(OCCC1CCCCC1)c1ccccc1. The molecule has 0 atom stereocenters. The lowest BCUT2D eigenvalue weighted by Crippen LogP contribution is -2.13. The second-order valence-electron chi connectivity index (χ2n) is 4.88. The van der Waals surface area contributed by atoms with Crippen LogP contribution in [0.25, 0.3) is 0 Å². The first kappa shape index (κ1) is 13.6. The Labute approximate surface area is 109 Å². The van der Waals surface area contributed by atoms with Gasteiger partial charge in [0.25, 0.3) is 10.1 Å². The normalized spacial score (nSPS) is 17.8. The first-order chi connectivity index (χ1) is 8.68. The summed E-state index contributed by atoms with van der Waals surface area (Å²) >= 11 is 0. The van der Waals surface area contributed by atoms with Crippen molar-refractivity contribution in [2.75, 3.05) is 6.61 Å². The highest BCUT2D eigenvalue weighted by Gasteiger charge is 2.17. The van der Waals surface area contributed by atoms with Gasteiger partial charge >= 0.3 is 0 Å². The molecule has 0 N–H and O–H groups in total. The number of hydrogen-bond acceptors (Lipinski definition) is 3. The minimum Gasteiger partial charge on any atom is -0.266 e. The molecule has 4 heteroatoms. The van der Waals surface area contributed by atoms with Crippen LogP contribution in [0.15, 0.2) is 35.2 Å². The van der Waals surface area contributed by atoms with Gasteiger partial charge in [0.1, 0.15) is 0 Å². The van der Waals surface area contributed by atoms with E-state index < -0.39 is 10.1 Å². The molecule has 0 radical (unpaired) electrons. The molecule has 18 heavy (non-hydrogen) atoms. The van der Waals surface area contributed by atoms with Crippen LogP contribution in [0.5, 0.6) is 0 Å². The van der Waals surface area contributed by atoms with Crippen LogP contribution in [-0.4, -0.2) is 15.0 Å². The zero-order valence-corrected chi connectivity index (χ0v) is 11.4. The molecule has 0 spiro atoms. The van der Waals surface area contributed by atoms with Crippen molar-refractivity contribution >= 4 is 10.1 Å². The maximum absolute atomic E-state index is 11.9. The highest BCUT2D eigenvalue weighted by atomic mass is 32.2. The Kier molecular flexibility index (Phi) is 4.78. The fourth-order valence-corrected chi connectivity index (χ4v) is 3.40. The summed E-state index contributed by atoms with van der Waals surface area (Å²) < 4.78 is 28.8. The zero-order chi connectivity index (χ0) is 12.8. The lowest BCUT2D eigenvalue weighted by atomic mass is 9.87. The molecule has 1 aliphatic rings. The third kappa shape index (κ3) is 3.82. The first-order valence-electron chi connectivity index (χ1n) is 6.63. The average Bonchev–Trinajstić information content (AvgIpc) is 2.41. The molecule has 0 amide bonds. The largest absolute Gasteiger partial charge is 0.296 e. The van der Waals surface area contributed by atoms with E-state index in [-0.39, 0.29) is 4.90 Å². The van der Waals surface area contributed by atoms with E-state index in [0.717, 1.165) is 6.42 Å². The summed E-state index contributed by atoms with van der Waals surface area (Å²) in [6.07, 6.45) is 7.15. The minimum atomic E-state index is -3.56. The Balaban J connectivity index is 1.82. The average molecular weight is 268 g/mol. The van der Waals surface area contributed by atoms with Crippen molar-refractivity contribution in [3.05, 3.63) is 30.3 Å². The second-order valence-corrected chi connectivity index (χ2v) is 6.50. The lowest BCUT2D eigenvalue weighted by molar-refractivity contribution is 0.250. The van der Waals surface area contributed by atoms with E-state index in [1.807, 2.05) is 0 Å². The summed E-state index contributed by atoms with van der Waals surface area (Å²) in [7, 11) is -3.56. The van der Waals surface area contributed by atoms with Gasteiger partial charge in [-0.05, 0) is 24.5 Å². The predicted molar refractivity (Wildman–Crippen MR) is 70.8 cm³/mol. The highest BCUT2D eigenvalue weighted by Crippen LogP contribution is 2.26. The van der Waals surface area contributed by atoms with Gasteiger partial charge in [0.05, 0.1) is 11.5 Å². The van der Waals surface area contributed by atoms with E-state index in [1.54, 1.807) is 30.3 Å². The predicted octanol–water partition coefficient (Wildman–Crippen LogP) is 3.36. The molecule has 0 aromatic heterocycles. The summed E-state index contributed by atoms with van der Waals surface area (Å²) in [6.45, 7) is 0.307. The van der Waals surface area contributed by atoms with Gasteiger partial charge in [0.15, 0.2) is 0 Å². The summed E-state index contributed by atoms with van der Waals surface area (Å²) in [4.78, 5) is 0.244. The number of benzene rings is 1. The molecule has 100 valence electrons. The molecule has 1 aromatic rings. The monoisotopic (exact) mass is 268 g/mol. The van der Waals surface area contributed by atoms with E-state index in [0.29, 0.717) is 12.5 Å².